The maximum absolute atomic E-state index is 5.94. The number of rotatable bonds is 5. The molecule has 0 aromatic heterocycles. The van der Waals surface area contributed by atoms with Gasteiger partial charge in [0.15, 0.2) is 0 Å². The fraction of sp³-hybridized carbons (Fsp3) is 0.294. The van der Waals surface area contributed by atoms with Crippen LogP contribution in [0.3, 0.4) is 0 Å². The SMILES string of the molecule is Cc1cccc(C)c1C(CN)NCc1ccccc1. The number of nitrogens with one attached hydrogen (secondary N) is 1. The maximum Gasteiger partial charge on any atom is 0.0452 e. The molecule has 0 aliphatic carbocycles. The summed E-state index contributed by atoms with van der Waals surface area (Å²) in [5, 5.41) is 3.56. The van der Waals surface area contributed by atoms with Gasteiger partial charge in [0.2, 0.25) is 0 Å². The molecule has 0 saturated carbocycles. The summed E-state index contributed by atoms with van der Waals surface area (Å²) in [6, 6.07) is 17.0. The van der Waals surface area contributed by atoms with Gasteiger partial charge in [-0.15, -0.1) is 0 Å². The van der Waals surface area contributed by atoms with Crippen molar-refractivity contribution in [1.82, 2.24) is 5.32 Å². The van der Waals surface area contributed by atoms with Gasteiger partial charge in [-0.05, 0) is 36.1 Å². The summed E-state index contributed by atoms with van der Waals surface area (Å²) >= 11 is 0. The Morgan fingerprint density at radius 2 is 1.58 bits per heavy atom. The highest BCUT2D eigenvalue weighted by molar-refractivity contribution is 5.36. The average Bonchev–Trinajstić information content (AvgIpc) is 2.43. The van der Waals surface area contributed by atoms with Crippen molar-refractivity contribution in [2.45, 2.75) is 26.4 Å². The maximum atomic E-state index is 5.94. The topological polar surface area (TPSA) is 38.0 Å². The number of hydrogen-bond donors (Lipinski definition) is 2. The molecule has 0 bridgehead atoms. The van der Waals surface area contributed by atoms with Crippen LogP contribution in [0.5, 0.6) is 0 Å². The van der Waals surface area contributed by atoms with Crippen molar-refractivity contribution in [3.63, 3.8) is 0 Å². The van der Waals surface area contributed by atoms with Gasteiger partial charge >= 0.3 is 0 Å². The molecular weight excluding hydrogens is 232 g/mol. The van der Waals surface area contributed by atoms with Gasteiger partial charge in [-0.1, -0.05) is 48.5 Å². The molecule has 2 rings (SSSR count). The molecule has 0 spiro atoms. The highest BCUT2D eigenvalue weighted by Crippen LogP contribution is 2.21. The Labute approximate surface area is 115 Å². The van der Waals surface area contributed by atoms with E-state index >= 15 is 0 Å². The predicted molar refractivity (Wildman–Crippen MR) is 81.0 cm³/mol. The van der Waals surface area contributed by atoms with E-state index in [1.807, 2.05) is 6.07 Å². The molecule has 0 fully saturated rings. The third-order valence-corrected chi connectivity index (χ3v) is 3.52. The third kappa shape index (κ3) is 3.43. The first kappa shape index (κ1) is 13.8. The minimum absolute atomic E-state index is 0.210. The van der Waals surface area contributed by atoms with Crippen molar-refractivity contribution in [3.05, 3.63) is 70.8 Å². The van der Waals surface area contributed by atoms with E-state index in [2.05, 4.69) is 61.6 Å². The summed E-state index contributed by atoms with van der Waals surface area (Å²) in [6.07, 6.45) is 0. The van der Waals surface area contributed by atoms with Gasteiger partial charge in [0.05, 0.1) is 0 Å². The van der Waals surface area contributed by atoms with Crippen LogP contribution in [-0.2, 0) is 6.54 Å². The van der Waals surface area contributed by atoms with Crippen molar-refractivity contribution >= 4 is 0 Å². The number of hydrogen-bond acceptors (Lipinski definition) is 2. The Bertz CT molecular complexity index is 500. The largest absolute Gasteiger partial charge is 0.329 e. The van der Waals surface area contributed by atoms with Crippen molar-refractivity contribution in [2.75, 3.05) is 6.54 Å². The van der Waals surface area contributed by atoms with E-state index in [0.717, 1.165) is 6.54 Å². The smallest absolute Gasteiger partial charge is 0.0452 e. The quantitative estimate of drug-likeness (QED) is 0.860. The first-order valence-corrected chi connectivity index (χ1v) is 6.76. The molecule has 0 heterocycles. The van der Waals surface area contributed by atoms with Crippen LogP contribution in [0.2, 0.25) is 0 Å². The normalized spacial score (nSPS) is 12.4. The van der Waals surface area contributed by atoms with Crippen LogP contribution < -0.4 is 11.1 Å². The van der Waals surface area contributed by atoms with Crippen LogP contribution in [0, 0.1) is 13.8 Å². The zero-order valence-electron chi connectivity index (χ0n) is 11.7. The highest BCUT2D eigenvalue weighted by atomic mass is 14.9. The fourth-order valence-corrected chi connectivity index (χ4v) is 2.52. The Balaban J connectivity index is 2.12. The molecule has 19 heavy (non-hydrogen) atoms. The zero-order valence-corrected chi connectivity index (χ0v) is 11.7. The number of aryl methyl sites for hydroxylation is 2. The van der Waals surface area contributed by atoms with E-state index in [4.69, 9.17) is 5.73 Å². The molecule has 0 amide bonds. The van der Waals surface area contributed by atoms with Crippen LogP contribution in [0.25, 0.3) is 0 Å². The summed E-state index contributed by atoms with van der Waals surface area (Å²) in [7, 11) is 0. The lowest BCUT2D eigenvalue weighted by atomic mass is 9.96. The Morgan fingerprint density at radius 3 is 2.16 bits per heavy atom. The lowest BCUT2D eigenvalue weighted by Gasteiger charge is -2.21. The van der Waals surface area contributed by atoms with Crippen molar-refractivity contribution < 1.29 is 0 Å². The Hall–Kier alpha value is -1.64. The molecule has 100 valence electrons. The fourth-order valence-electron chi connectivity index (χ4n) is 2.52. The van der Waals surface area contributed by atoms with Gasteiger partial charge in [-0.3, -0.25) is 0 Å². The van der Waals surface area contributed by atoms with E-state index < -0.39 is 0 Å². The molecule has 1 atom stereocenters. The molecule has 2 nitrogen and oxygen atoms in total. The summed E-state index contributed by atoms with van der Waals surface area (Å²) in [5.74, 6) is 0. The summed E-state index contributed by atoms with van der Waals surface area (Å²) < 4.78 is 0. The molecular formula is C17H22N2. The highest BCUT2D eigenvalue weighted by Gasteiger charge is 2.13. The summed E-state index contributed by atoms with van der Waals surface area (Å²) in [5.41, 5.74) is 11.2. The standard InChI is InChI=1S/C17H22N2/c1-13-7-6-8-14(2)17(13)16(11-18)19-12-15-9-4-3-5-10-15/h3-10,16,19H,11-12,18H2,1-2H3. The van der Waals surface area contributed by atoms with Gasteiger partial charge in [-0.25, -0.2) is 0 Å². The Morgan fingerprint density at radius 1 is 0.947 bits per heavy atom. The molecule has 3 N–H and O–H groups in total. The van der Waals surface area contributed by atoms with Gasteiger partial charge in [0, 0.05) is 19.1 Å². The summed E-state index contributed by atoms with van der Waals surface area (Å²) in [4.78, 5) is 0. The van der Waals surface area contributed by atoms with Crippen molar-refractivity contribution in [2.24, 2.45) is 5.73 Å². The van der Waals surface area contributed by atoms with E-state index in [-0.39, 0.29) is 6.04 Å². The molecule has 0 aliphatic heterocycles. The predicted octanol–water partition coefficient (Wildman–Crippen LogP) is 3.09. The molecule has 0 aliphatic rings. The minimum atomic E-state index is 0.210. The van der Waals surface area contributed by atoms with Gasteiger partial charge < -0.3 is 11.1 Å². The monoisotopic (exact) mass is 254 g/mol. The lowest BCUT2D eigenvalue weighted by Crippen LogP contribution is -2.29. The molecule has 0 saturated heterocycles. The number of nitrogens with two attached hydrogens (primary N) is 1. The third-order valence-electron chi connectivity index (χ3n) is 3.52. The van der Waals surface area contributed by atoms with Crippen LogP contribution in [-0.4, -0.2) is 6.54 Å². The van der Waals surface area contributed by atoms with Gasteiger partial charge in [0.1, 0.15) is 0 Å². The number of benzene rings is 2. The average molecular weight is 254 g/mol. The Kier molecular flexibility index (Phi) is 4.72. The first-order chi connectivity index (χ1) is 9.22. The first-order valence-electron chi connectivity index (χ1n) is 6.76. The second-order valence-corrected chi connectivity index (χ2v) is 4.96. The molecule has 2 aromatic carbocycles. The van der Waals surface area contributed by atoms with Gasteiger partial charge in [-0.2, -0.15) is 0 Å². The molecule has 2 heteroatoms. The second-order valence-electron chi connectivity index (χ2n) is 4.96. The molecule has 1 unspecified atom stereocenters. The second kappa shape index (κ2) is 6.50. The van der Waals surface area contributed by atoms with Crippen molar-refractivity contribution in [3.8, 4) is 0 Å². The van der Waals surface area contributed by atoms with Gasteiger partial charge in [0.25, 0.3) is 0 Å². The molecule has 0 radical (unpaired) electrons. The van der Waals surface area contributed by atoms with Crippen molar-refractivity contribution in [1.29, 1.82) is 0 Å². The van der Waals surface area contributed by atoms with Crippen LogP contribution >= 0.6 is 0 Å². The minimum Gasteiger partial charge on any atom is -0.329 e. The summed E-state index contributed by atoms with van der Waals surface area (Å²) in [6.45, 7) is 5.75. The zero-order chi connectivity index (χ0) is 13.7. The van der Waals surface area contributed by atoms with E-state index in [1.165, 1.54) is 22.3 Å². The van der Waals surface area contributed by atoms with E-state index in [9.17, 15) is 0 Å². The lowest BCUT2D eigenvalue weighted by molar-refractivity contribution is 0.537. The van der Waals surface area contributed by atoms with E-state index in [1.54, 1.807) is 0 Å². The van der Waals surface area contributed by atoms with E-state index in [0.29, 0.717) is 6.54 Å². The molecule has 2 aromatic rings. The van der Waals surface area contributed by atoms with Crippen LogP contribution in [0.15, 0.2) is 48.5 Å². The van der Waals surface area contributed by atoms with Crippen LogP contribution in [0.1, 0.15) is 28.3 Å². The van der Waals surface area contributed by atoms with Crippen LogP contribution in [0.4, 0.5) is 0 Å².